The van der Waals surface area contributed by atoms with Crippen LogP contribution in [0, 0.1) is 12.7 Å². The Labute approximate surface area is 145 Å². The van der Waals surface area contributed by atoms with Gasteiger partial charge in [-0.25, -0.2) is 4.39 Å². The lowest BCUT2D eigenvalue weighted by molar-refractivity contribution is 0.0974. The van der Waals surface area contributed by atoms with Gasteiger partial charge in [0.05, 0.1) is 11.3 Å². The fraction of sp³-hybridized carbons (Fsp3) is 0.0952. The van der Waals surface area contributed by atoms with Gasteiger partial charge in [-0.05, 0) is 36.8 Å². The zero-order valence-electron chi connectivity index (χ0n) is 13.7. The Bertz CT molecular complexity index is 937. The molecule has 1 N–H and O–H groups in total. The van der Waals surface area contributed by atoms with Crippen LogP contribution in [-0.2, 0) is 0 Å². The second-order valence-corrected chi connectivity index (χ2v) is 6.13. The number of fused-ring (bicyclic) bond motifs is 1. The van der Waals surface area contributed by atoms with E-state index in [9.17, 15) is 9.18 Å². The smallest absolute Gasteiger partial charge is 0.262 e. The minimum absolute atomic E-state index is 0.218. The Morgan fingerprint density at radius 3 is 2.36 bits per heavy atom. The number of carbonyl (C=O) groups is 1. The fourth-order valence-electron chi connectivity index (χ4n) is 3.13. The van der Waals surface area contributed by atoms with Crippen LogP contribution in [0.15, 0.2) is 72.8 Å². The molecule has 1 amide bonds. The van der Waals surface area contributed by atoms with Gasteiger partial charge in [0.15, 0.2) is 0 Å². The van der Waals surface area contributed by atoms with Gasteiger partial charge in [-0.3, -0.25) is 9.69 Å². The maximum Gasteiger partial charge on any atom is 0.262 e. The highest BCUT2D eigenvalue weighted by Gasteiger charge is 2.35. The summed E-state index contributed by atoms with van der Waals surface area (Å²) in [5, 5.41) is 3.38. The SMILES string of the molecule is Cc1ccc(C2Nc3ccccc3C(=O)N2c2ccccc2F)cc1. The Kier molecular flexibility index (Phi) is 3.73. The van der Waals surface area contributed by atoms with Crippen molar-refractivity contribution in [2.75, 3.05) is 10.2 Å². The fourth-order valence-corrected chi connectivity index (χ4v) is 3.13. The van der Waals surface area contributed by atoms with Crippen molar-refractivity contribution >= 4 is 17.3 Å². The number of carbonyl (C=O) groups excluding carboxylic acids is 1. The number of amides is 1. The van der Waals surface area contributed by atoms with Crippen molar-refractivity contribution in [1.82, 2.24) is 0 Å². The number of rotatable bonds is 2. The molecule has 124 valence electrons. The number of para-hydroxylation sites is 2. The van der Waals surface area contributed by atoms with E-state index in [0.29, 0.717) is 5.56 Å². The molecule has 0 fully saturated rings. The van der Waals surface area contributed by atoms with Crippen molar-refractivity contribution in [3.63, 3.8) is 0 Å². The highest BCUT2D eigenvalue weighted by molar-refractivity contribution is 6.12. The lowest BCUT2D eigenvalue weighted by Gasteiger charge is -2.38. The molecule has 0 spiro atoms. The highest BCUT2D eigenvalue weighted by atomic mass is 19.1. The molecule has 4 rings (SSSR count). The van der Waals surface area contributed by atoms with Crippen LogP contribution in [0.5, 0.6) is 0 Å². The third-order valence-electron chi connectivity index (χ3n) is 4.43. The van der Waals surface area contributed by atoms with Crippen LogP contribution in [0.25, 0.3) is 0 Å². The maximum absolute atomic E-state index is 14.5. The number of hydrogen-bond donors (Lipinski definition) is 1. The molecule has 1 aliphatic heterocycles. The predicted octanol–water partition coefficient (Wildman–Crippen LogP) is 4.91. The number of anilines is 2. The second kappa shape index (κ2) is 6.06. The van der Waals surface area contributed by atoms with Crippen LogP contribution in [0.4, 0.5) is 15.8 Å². The van der Waals surface area contributed by atoms with Crippen LogP contribution in [0.2, 0.25) is 0 Å². The molecule has 1 aliphatic rings. The van der Waals surface area contributed by atoms with Gasteiger partial charge < -0.3 is 5.32 Å². The zero-order valence-corrected chi connectivity index (χ0v) is 13.7. The van der Waals surface area contributed by atoms with Gasteiger partial charge in [0.2, 0.25) is 0 Å². The summed E-state index contributed by atoms with van der Waals surface area (Å²) in [5.41, 5.74) is 3.58. The van der Waals surface area contributed by atoms with E-state index in [0.717, 1.165) is 16.8 Å². The molecule has 1 unspecified atom stereocenters. The first-order chi connectivity index (χ1) is 12.1. The quantitative estimate of drug-likeness (QED) is 0.723. The van der Waals surface area contributed by atoms with E-state index in [2.05, 4.69) is 5.32 Å². The average molecular weight is 332 g/mol. The van der Waals surface area contributed by atoms with Gasteiger partial charge in [-0.2, -0.15) is 0 Å². The van der Waals surface area contributed by atoms with Crippen LogP contribution in [0.3, 0.4) is 0 Å². The third kappa shape index (κ3) is 2.66. The molecule has 1 atom stereocenters. The van der Waals surface area contributed by atoms with Crippen molar-refractivity contribution in [3.05, 3.63) is 95.3 Å². The highest BCUT2D eigenvalue weighted by Crippen LogP contribution is 2.37. The molecule has 0 bridgehead atoms. The molecule has 0 saturated carbocycles. The van der Waals surface area contributed by atoms with Gasteiger partial charge >= 0.3 is 0 Å². The summed E-state index contributed by atoms with van der Waals surface area (Å²) >= 11 is 0. The number of nitrogens with zero attached hydrogens (tertiary/aromatic N) is 1. The van der Waals surface area contributed by atoms with E-state index >= 15 is 0 Å². The molecule has 1 heterocycles. The first kappa shape index (κ1) is 15.4. The number of hydrogen-bond acceptors (Lipinski definition) is 2. The number of benzene rings is 3. The largest absolute Gasteiger partial charge is 0.360 e. The van der Waals surface area contributed by atoms with Gasteiger partial charge in [-0.1, -0.05) is 54.1 Å². The summed E-state index contributed by atoms with van der Waals surface area (Å²) in [7, 11) is 0. The predicted molar refractivity (Wildman–Crippen MR) is 97.2 cm³/mol. The van der Waals surface area contributed by atoms with E-state index < -0.39 is 12.0 Å². The molecule has 25 heavy (non-hydrogen) atoms. The molecular weight excluding hydrogens is 315 g/mol. The maximum atomic E-state index is 14.5. The van der Waals surface area contributed by atoms with Gasteiger partial charge in [0.1, 0.15) is 12.0 Å². The average Bonchev–Trinajstić information content (AvgIpc) is 2.63. The Morgan fingerprint density at radius 2 is 1.60 bits per heavy atom. The van der Waals surface area contributed by atoms with Crippen molar-refractivity contribution in [2.24, 2.45) is 0 Å². The standard InChI is InChI=1S/C21H17FN2O/c1-14-10-12-15(13-11-14)20-23-18-8-4-2-6-16(18)21(25)24(20)19-9-5-3-7-17(19)22/h2-13,20,23H,1H3. The lowest BCUT2D eigenvalue weighted by Crippen LogP contribution is -2.43. The molecule has 3 aromatic rings. The zero-order chi connectivity index (χ0) is 17.4. The minimum atomic E-state index is -0.472. The Morgan fingerprint density at radius 1 is 0.920 bits per heavy atom. The van der Waals surface area contributed by atoms with E-state index in [1.165, 1.54) is 11.0 Å². The monoisotopic (exact) mass is 332 g/mol. The molecule has 0 aliphatic carbocycles. The summed E-state index contributed by atoms with van der Waals surface area (Å²) in [6.07, 6.45) is -0.472. The number of aryl methyl sites for hydroxylation is 1. The van der Waals surface area contributed by atoms with Crippen molar-refractivity contribution in [2.45, 2.75) is 13.1 Å². The summed E-state index contributed by atoms with van der Waals surface area (Å²) in [5.74, 6) is -0.640. The molecule has 4 heteroatoms. The molecule has 0 aromatic heterocycles. The van der Waals surface area contributed by atoms with Crippen molar-refractivity contribution < 1.29 is 9.18 Å². The van der Waals surface area contributed by atoms with Gasteiger partial charge in [0.25, 0.3) is 5.91 Å². The Balaban J connectivity index is 1.89. The van der Waals surface area contributed by atoms with Crippen LogP contribution in [-0.4, -0.2) is 5.91 Å². The van der Waals surface area contributed by atoms with Crippen molar-refractivity contribution in [3.8, 4) is 0 Å². The first-order valence-electron chi connectivity index (χ1n) is 8.15. The molecule has 3 aromatic carbocycles. The molecule has 0 saturated heterocycles. The number of nitrogens with one attached hydrogen (secondary N) is 1. The van der Waals surface area contributed by atoms with Crippen molar-refractivity contribution in [1.29, 1.82) is 0 Å². The van der Waals surface area contributed by atoms with E-state index in [-0.39, 0.29) is 11.6 Å². The third-order valence-corrected chi connectivity index (χ3v) is 4.43. The Hall–Kier alpha value is -3.14. The molecule has 0 radical (unpaired) electrons. The van der Waals surface area contributed by atoms with E-state index in [1.54, 1.807) is 24.3 Å². The summed E-state index contributed by atoms with van der Waals surface area (Å²) < 4.78 is 14.5. The minimum Gasteiger partial charge on any atom is -0.360 e. The van der Waals surface area contributed by atoms with Crippen LogP contribution in [0.1, 0.15) is 27.7 Å². The van der Waals surface area contributed by atoms with Crippen LogP contribution < -0.4 is 10.2 Å². The van der Waals surface area contributed by atoms with E-state index in [4.69, 9.17) is 0 Å². The number of halogens is 1. The summed E-state index contributed by atoms with van der Waals surface area (Å²) in [6.45, 7) is 2.01. The lowest BCUT2D eigenvalue weighted by atomic mass is 10.0. The molecule has 3 nitrogen and oxygen atoms in total. The van der Waals surface area contributed by atoms with Crippen LogP contribution >= 0.6 is 0 Å². The topological polar surface area (TPSA) is 32.3 Å². The van der Waals surface area contributed by atoms with Gasteiger partial charge in [0, 0.05) is 5.69 Å². The first-order valence-corrected chi connectivity index (χ1v) is 8.15. The van der Waals surface area contributed by atoms with E-state index in [1.807, 2.05) is 49.4 Å². The molecular formula is C21H17FN2O. The summed E-state index contributed by atoms with van der Waals surface area (Å²) in [4.78, 5) is 14.6. The second-order valence-electron chi connectivity index (χ2n) is 6.13. The van der Waals surface area contributed by atoms with Gasteiger partial charge in [-0.15, -0.1) is 0 Å². The summed E-state index contributed by atoms with van der Waals surface area (Å²) in [6, 6.07) is 21.6. The normalized spacial score (nSPS) is 16.3.